The molecule has 0 aromatic heterocycles. The Bertz CT molecular complexity index is 640. The number of carbonyl (C=O) groups excluding carboxylic acids is 1. The first-order valence-corrected chi connectivity index (χ1v) is 8.15. The molecule has 1 aliphatic rings. The van der Waals surface area contributed by atoms with Crippen molar-refractivity contribution in [2.24, 2.45) is 5.92 Å². The summed E-state index contributed by atoms with van der Waals surface area (Å²) < 4.78 is 60.2. The van der Waals surface area contributed by atoms with Crippen LogP contribution in [0.2, 0.25) is 0 Å². The Morgan fingerprint density at radius 2 is 2.05 bits per heavy atom. The minimum absolute atomic E-state index is 0.00449. The summed E-state index contributed by atoms with van der Waals surface area (Å²) in [5.74, 6) is -0.713. The normalized spacial score (nSPS) is 21.2. The maximum atomic E-state index is 12.5. The number of nitrogens with one attached hydrogen (secondary N) is 1. The Morgan fingerprint density at radius 1 is 1.33 bits per heavy atom. The van der Waals surface area contributed by atoms with Crippen LogP contribution in [0, 0.1) is 5.92 Å². The molecule has 116 valence electrons. The fourth-order valence-corrected chi connectivity index (χ4v) is 4.14. The van der Waals surface area contributed by atoms with Gasteiger partial charge in [-0.3, -0.25) is 4.79 Å². The third-order valence-corrected chi connectivity index (χ3v) is 5.11. The molecule has 1 unspecified atom stereocenters. The predicted molar refractivity (Wildman–Crippen MR) is 71.5 cm³/mol. The van der Waals surface area contributed by atoms with E-state index in [0.29, 0.717) is 6.42 Å². The molecule has 1 aromatic carbocycles. The van der Waals surface area contributed by atoms with Crippen molar-refractivity contribution >= 4 is 21.4 Å². The lowest BCUT2D eigenvalue weighted by molar-refractivity contribution is -0.137. The Kier molecular flexibility index (Phi) is 4.27. The number of alkyl halides is 3. The van der Waals surface area contributed by atoms with Gasteiger partial charge in [-0.15, -0.1) is 0 Å². The Balaban J connectivity index is 1.97. The summed E-state index contributed by atoms with van der Waals surface area (Å²) >= 11 is 0. The second-order valence-electron chi connectivity index (χ2n) is 5.10. The highest BCUT2D eigenvalue weighted by molar-refractivity contribution is 7.91. The lowest BCUT2D eigenvalue weighted by atomic mass is 10.0. The van der Waals surface area contributed by atoms with E-state index in [1.54, 1.807) is 0 Å². The Labute approximate surface area is 120 Å². The first-order chi connectivity index (χ1) is 9.66. The van der Waals surface area contributed by atoms with Crippen LogP contribution in [0.5, 0.6) is 0 Å². The number of hydrogen-bond acceptors (Lipinski definition) is 3. The molecule has 0 saturated carbocycles. The maximum Gasteiger partial charge on any atom is 0.416 e. The van der Waals surface area contributed by atoms with Crippen LogP contribution < -0.4 is 5.32 Å². The summed E-state index contributed by atoms with van der Waals surface area (Å²) in [6.45, 7) is 0. The van der Waals surface area contributed by atoms with E-state index in [4.69, 9.17) is 0 Å². The molecule has 1 heterocycles. The van der Waals surface area contributed by atoms with Crippen molar-refractivity contribution in [3.8, 4) is 0 Å². The Morgan fingerprint density at radius 3 is 2.62 bits per heavy atom. The fourth-order valence-electron chi connectivity index (χ4n) is 2.28. The summed E-state index contributed by atoms with van der Waals surface area (Å²) in [7, 11) is -3.07. The molecule has 2 rings (SSSR count). The second-order valence-corrected chi connectivity index (χ2v) is 7.33. The summed E-state index contributed by atoms with van der Waals surface area (Å²) in [5, 5.41) is 2.37. The zero-order chi connectivity index (χ0) is 15.7. The van der Waals surface area contributed by atoms with Gasteiger partial charge in [0, 0.05) is 12.1 Å². The molecule has 21 heavy (non-hydrogen) atoms. The average molecular weight is 321 g/mol. The van der Waals surface area contributed by atoms with Gasteiger partial charge >= 0.3 is 6.18 Å². The third kappa shape index (κ3) is 4.45. The highest BCUT2D eigenvalue weighted by Gasteiger charge is 2.31. The van der Waals surface area contributed by atoms with Crippen molar-refractivity contribution in [3.63, 3.8) is 0 Å². The van der Waals surface area contributed by atoms with Crippen LogP contribution in [-0.4, -0.2) is 25.8 Å². The van der Waals surface area contributed by atoms with Gasteiger partial charge in [0.25, 0.3) is 0 Å². The lowest BCUT2D eigenvalue weighted by Gasteiger charge is -2.11. The molecule has 4 nitrogen and oxygen atoms in total. The van der Waals surface area contributed by atoms with Gasteiger partial charge in [0.15, 0.2) is 9.84 Å². The number of rotatable bonds is 3. The lowest BCUT2D eigenvalue weighted by Crippen LogP contribution is -2.17. The standard InChI is InChI=1S/C13H14F3NO3S/c14-13(15,16)10-2-1-3-11(7-10)17-12(18)6-9-4-5-21(19,20)8-9/h1-3,7,9H,4-6,8H2,(H,17,18). The minimum Gasteiger partial charge on any atom is -0.326 e. The molecule has 8 heteroatoms. The number of benzene rings is 1. The van der Waals surface area contributed by atoms with Gasteiger partial charge in [0.05, 0.1) is 17.1 Å². The first-order valence-electron chi connectivity index (χ1n) is 6.33. The molecule has 1 saturated heterocycles. The van der Waals surface area contributed by atoms with Gasteiger partial charge in [-0.1, -0.05) is 6.07 Å². The number of amides is 1. The van der Waals surface area contributed by atoms with Crippen LogP contribution in [0.3, 0.4) is 0 Å². The number of halogens is 3. The molecule has 1 aromatic rings. The van der Waals surface area contributed by atoms with Crippen LogP contribution in [0.1, 0.15) is 18.4 Å². The minimum atomic E-state index is -4.47. The molecule has 1 atom stereocenters. The van der Waals surface area contributed by atoms with Crippen molar-refractivity contribution in [2.75, 3.05) is 16.8 Å². The molecular weight excluding hydrogens is 307 g/mol. The van der Waals surface area contributed by atoms with E-state index in [-0.39, 0.29) is 29.5 Å². The number of hydrogen-bond donors (Lipinski definition) is 1. The van der Waals surface area contributed by atoms with E-state index >= 15 is 0 Å². The van der Waals surface area contributed by atoms with Gasteiger partial charge < -0.3 is 5.32 Å². The van der Waals surface area contributed by atoms with Crippen LogP contribution >= 0.6 is 0 Å². The Hall–Kier alpha value is -1.57. The quantitative estimate of drug-likeness (QED) is 0.930. The van der Waals surface area contributed by atoms with Crippen molar-refractivity contribution in [2.45, 2.75) is 19.0 Å². The van der Waals surface area contributed by atoms with Crippen LogP contribution in [0.4, 0.5) is 18.9 Å². The van der Waals surface area contributed by atoms with E-state index in [0.717, 1.165) is 12.1 Å². The highest BCUT2D eigenvalue weighted by Crippen LogP contribution is 2.30. The molecule has 0 aliphatic carbocycles. The largest absolute Gasteiger partial charge is 0.416 e. The van der Waals surface area contributed by atoms with Gasteiger partial charge in [-0.2, -0.15) is 13.2 Å². The molecule has 1 N–H and O–H groups in total. The summed E-state index contributed by atoms with van der Waals surface area (Å²) in [4.78, 5) is 11.8. The van der Waals surface area contributed by atoms with E-state index < -0.39 is 27.5 Å². The second kappa shape index (κ2) is 5.67. The molecular formula is C13H14F3NO3S. The zero-order valence-corrected chi connectivity index (χ0v) is 11.8. The van der Waals surface area contributed by atoms with E-state index in [1.807, 2.05) is 0 Å². The summed E-state index contributed by atoms with van der Waals surface area (Å²) in [6.07, 6.45) is -4.06. The van der Waals surface area contributed by atoms with Crippen LogP contribution in [0.15, 0.2) is 24.3 Å². The topological polar surface area (TPSA) is 63.2 Å². The van der Waals surface area contributed by atoms with Gasteiger partial charge in [-0.05, 0) is 30.5 Å². The van der Waals surface area contributed by atoms with E-state index in [9.17, 15) is 26.4 Å². The molecule has 0 bridgehead atoms. The fraction of sp³-hybridized carbons (Fsp3) is 0.462. The van der Waals surface area contributed by atoms with E-state index in [1.165, 1.54) is 12.1 Å². The number of anilines is 1. The highest BCUT2D eigenvalue weighted by atomic mass is 32.2. The van der Waals surface area contributed by atoms with Crippen molar-refractivity contribution < 1.29 is 26.4 Å². The van der Waals surface area contributed by atoms with E-state index in [2.05, 4.69) is 5.32 Å². The van der Waals surface area contributed by atoms with Crippen LogP contribution in [0.25, 0.3) is 0 Å². The summed E-state index contributed by atoms with van der Waals surface area (Å²) in [6, 6.07) is 4.33. The summed E-state index contributed by atoms with van der Waals surface area (Å²) in [5.41, 5.74) is -0.792. The molecule has 0 radical (unpaired) electrons. The monoisotopic (exact) mass is 321 g/mol. The van der Waals surface area contributed by atoms with Gasteiger partial charge in [-0.25, -0.2) is 8.42 Å². The molecule has 1 amide bonds. The smallest absolute Gasteiger partial charge is 0.326 e. The molecule has 1 aliphatic heterocycles. The van der Waals surface area contributed by atoms with Crippen molar-refractivity contribution in [3.05, 3.63) is 29.8 Å². The van der Waals surface area contributed by atoms with Crippen molar-refractivity contribution in [1.29, 1.82) is 0 Å². The third-order valence-electron chi connectivity index (χ3n) is 3.27. The van der Waals surface area contributed by atoms with Gasteiger partial charge in [0.2, 0.25) is 5.91 Å². The molecule has 1 fully saturated rings. The zero-order valence-electron chi connectivity index (χ0n) is 11.0. The van der Waals surface area contributed by atoms with Gasteiger partial charge in [0.1, 0.15) is 0 Å². The number of carbonyl (C=O) groups is 1. The predicted octanol–water partition coefficient (Wildman–Crippen LogP) is 2.47. The maximum absolute atomic E-state index is 12.5. The van der Waals surface area contributed by atoms with Crippen molar-refractivity contribution in [1.82, 2.24) is 0 Å². The van der Waals surface area contributed by atoms with Crippen LogP contribution in [-0.2, 0) is 20.8 Å². The number of sulfone groups is 1. The first kappa shape index (κ1) is 15.8. The SMILES string of the molecule is O=C(CC1CCS(=O)(=O)C1)Nc1cccc(C(F)(F)F)c1. The average Bonchev–Trinajstić information content (AvgIpc) is 2.67. The molecule has 0 spiro atoms.